The van der Waals surface area contributed by atoms with Gasteiger partial charge in [0.15, 0.2) is 9.84 Å². The Labute approximate surface area is 76.9 Å². The zero-order chi connectivity index (χ0) is 10.1. The molecule has 1 rings (SSSR count). The van der Waals surface area contributed by atoms with Gasteiger partial charge in [0.2, 0.25) is 10.0 Å². The largest absolute Gasteiger partial charge is 0.395 e. The van der Waals surface area contributed by atoms with Gasteiger partial charge >= 0.3 is 0 Å². The minimum absolute atomic E-state index is 0.0706. The van der Waals surface area contributed by atoms with Crippen molar-refractivity contribution in [2.45, 2.75) is 5.25 Å². The summed E-state index contributed by atoms with van der Waals surface area (Å²) < 4.78 is 45.8. The fourth-order valence-electron chi connectivity index (χ4n) is 1.00. The van der Waals surface area contributed by atoms with E-state index < -0.39 is 25.1 Å². The Hall–Kier alpha value is -0.180. The van der Waals surface area contributed by atoms with Gasteiger partial charge in [-0.1, -0.05) is 0 Å². The monoisotopic (exact) mass is 229 g/mol. The number of aliphatic hydroxyl groups excluding tert-OH is 1. The van der Waals surface area contributed by atoms with Crippen molar-refractivity contribution in [3.8, 4) is 0 Å². The van der Waals surface area contributed by atoms with Gasteiger partial charge in [0.25, 0.3) is 0 Å². The number of sulfone groups is 1. The maximum atomic E-state index is 11.2. The summed E-state index contributed by atoms with van der Waals surface area (Å²) in [7, 11) is -6.67. The second-order valence-corrected chi connectivity index (χ2v) is 7.06. The number of rotatable bonds is 4. The van der Waals surface area contributed by atoms with Crippen LogP contribution in [-0.2, 0) is 19.9 Å². The standard InChI is InChI=1S/C5H11NO5S2/c7-2-1-6-13(10,11)5-3-12(8,9)4-5/h5-7H,1-4H2. The van der Waals surface area contributed by atoms with Crippen molar-refractivity contribution in [3.63, 3.8) is 0 Å². The molecule has 1 aliphatic heterocycles. The molecule has 0 radical (unpaired) electrons. The van der Waals surface area contributed by atoms with E-state index in [0.29, 0.717) is 0 Å². The molecule has 0 aromatic heterocycles. The van der Waals surface area contributed by atoms with E-state index in [-0.39, 0.29) is 24.7 Å². The lowest BCUT2D eigenvalue weighted by Crippen LogP contribution is -2.51. The third-order valence-electron chi connectivity index (χ3n) is 1.73. The van der Waals surface area contributed by atoms with Crippen LogP contribution in [-0.4, -0.2) is 51.8 Å². The molecule has 1 fully saturated rings. The first-order valence-corrected chi connectivity index (χ1v) is 7.04. The maximum absolute atomic E-state index is 11.2. The van der Waals surface area contributed by atoms with Crippen LogP contribution in [0.5, 0.6) is 0 Å². The zero-order valence-corrected chi connectivity index (χ0v) is 8.44. The Morgan fingerprint density at radius 3 is 2.31 bits per heavy atom. The topological polar surface area (TPSA) is 101 Å². The van der Waals surface area contributed by atoms with Gasteiger partial charge in [-0.15, -0.1) is 0 Å². The molecular weight excluding hydrogens is 218 g/mol. The van der Waals surface area contributed by atoms with Crippen LogP contribution >= 0.6 is 0 Å². The molecule has 78 valence electrons. The van der Waals surface area contributed by atoms with Gasteiger partial charge in [-0.3, -0.25) is 0 Å². The lowest BCUT2D eigenvalue weighted by Gasteiger charge is -2.25. The SMILES string of the molecule is O=S1(=O)CC(S(=O)(=O)NCCO)C1. The average Bonchev–Trinajstić information content (AvgIpc) is 1.96. The molecule has 0 aromatic rings. The molecule has 0 aliphatic carbocycles. The highest BCUT2D eigenvalue weighted by Crippen LogP contribution is 2.17. The predicted molar refractivity (Wildman–Crippen MR) is 46.5 cm³/mol. The molecule has 1 saturated heterocycles. The second kappa shape index (κ2) is 3.52. The van der Waals surface area contributed by atoms with E-state index in [9.17, 15) is 16.8 Å². The van der Waals surface area contributed by atoms with Gasteiger partial charge < -0.3 is 5.11 Å². The fourth-order valence-corrected chi connectivity index (χ4v) is 5.33. The van der Waals surface area contributed by atoms with E-state index in [1.165, 1.54) is 0 Å². The van der Waals surface area contributed by atoms with Gasteiger partial charge in [-0.2, -0.15) is 0 Å². The summed E-state index contributed by atoms with van der Waals surface area (Å²) in [5, 5.41) is 7.52. The molecule has 0 bridgehead atoms. The van der Waals surface area contributed by atoms with Crippen molar-refractivity contribution >= 4 is 19.9 Å². The van der Waals surface area contributed by atoms with Crippen LogP contribution in [0, 0.1) is 0 Å². The summed E-state index contributed by atoms with van der Waals surface area (Å²) in [6.07, 6.45) is 0. The van der Waals surface area contributed by atoms with Crippen LogP contribution in [0.15, 0.2) is 0 Å². The van der Waals surface area contributed by atoms with Crippen LogP contribution in [0.2, 0.25) is 0 Å². The van der Waals surface area contributed by atoms with E-state index in [1.807, 2.05) is 0 Å². The number of hydrogen-bond acceptors (Lipinski definition) is 5. The highest BCUT2D eigenvalue weighted by Gasteiger charge is 2.42. The second-order valence-electron chi connectivity index (χ2n) is 2.86. The van der Waals surface area contributed by atoms with Crippen molar-refractivity contribution < 1.29 is 21.9 Å². The molecule has 0 atom stereocenters. The van der Waals surface area contributed by atoms with Crippen molar-refractivity contribution in [1.82, 2.24) is 4.72 Å². The minimum atomic E-state index is -3.55. The summed E-state index contributed by atoms with van der Waals surface area (Å²) >= 11 is 0. The van der Waals surface area contributed by atoms with E-state index in [4.69, 9.17) is 5.11 Å². The lowest BCUT2D eigenvalue weighted by atomic mass is 10.5. The van der Waals surface area contributed by atoms with Gasteiger partial charge in [-0.25, -0.2) is 21.6 Å². The molecule has 0 saturated carbocycles. The Bertz CT molecular complexity index is 358. The highest BCUT2D eigenvalue weighted by atomic mass is 32.2. The van der Waals surface area contributed by atoms with Gasteiger partial charge in [0.05, 0.1) is 18.1 Å². The van der Waals surface area contributed by atoms with E-state index in [2.05, 4.69) is 4.72 Å². The molecule has 13 heavy (non-hydrogen) atoms. The minimum Gasteiger partial charge on any atom is -0.395 e. The number of aliphatic hydroxyl groups is 1. The Kier molecular flexibility index (Phi) is 2.95. The predicted octanol–water partition coefficient (Wildman–Crippen LogP) is -2.30. The number of nitrogens with one attached hydrogen (secondary N) is 1. The van der Waals surface area contributed by atoms with Gasteiger partial charge in [0, 0.05) is 6.54 Å². The smallest absolute Gasteiger partial charge is 0.216 e. The Morgan fingerprint density at radius 1 is 1.38 bits per heavy atom. The average molecular weight is 229 g/mol. The number of hydrogen-bond donors (Lipinski definition) is 2. The summed E-state index contributed by atoms with van der Waals surface area (Å²) in [5.74, 6) is -0.623. The molecule has 1 heterocycles. The molecular formula is C5H11NO5S2. The molecule has 0 spiro atoms. The van der Waals surface area contributed by atoms with Gasteiger partial charge in [-0.05, 0) is 0 Å². The van der Waals surface area contributed by atoms with Crippen molar-refractivity contribution in [2.24, 2.45) is 0 Å². The molecule has 0 unspecified atom stereocenters. The van der Waals surface area contributed by atoms with Crippen molar-refractivity contribution in [1.29, 1.82) is 0 Å². The molecule has 0 aromatic carbocycles. The highest BCUT2D eigenvalue weighted by molar-refractivity contribution is 7.98. The molecule has 0 amide bonds. The summed E-state index contributed by atoms with van der Waals surface area (Å²) in [6.45, 7) is -0.364. The normalized spacial score (nSPS) is 22.5. The fraction of sp³-hybridized carbons (Fsp3) is 1.00. The van der Waals surface area contributed by atoms with E-state index >= 15 is 0 Å². The van der Waals surface area contributed by atoms with Crippen molar-refractivity contribution in [2.75, 3.05) is 24.7 Å². The molecule has 2 N–H and O–H groups in total. The lowest BCUT2D eigenvalue weighted by molar-refractivity contribution is 0.301. The first-order chi connectivity index (χ1) is 5.87. The third-order valence-corrected chi connectivity index (χ3v) is 5.79. The zero-order valence-electron chi connectivity index (χ0n) is 6.80. The Morgan fingerprint density at radius 2 is 1.92 bits per heavy atom. The molecule has 1 aliphatic rings. The van der Waals surface area contributed by atoms with Crippen LogP contribution in [0.25, 0.3) is 0 Å². The van der Waals surface area contributed by atoms with Crippen molar-refractivity contribution in [3.05, 3.63) is 0 Å². The molecule has 6 nitrogen and oxygen atoms in total. The first-order valence-electron chi connectivity index (χ1n) is 3.67. The van der Waals surface area contributed by atoms with Crippen LogP contribution < -0.4 is 4.72 Å². The Balaban J connectivity index is 2.54. The summed E-state index contributed by atoms with van der Waals surface area (Å²) in [5.41, 5.74) is 0. The van der Waals surface area contributed by atoms with Gasteiger partial charge in [0.1, 0.15) is 5.25 Å². The van der Waals surface area contributed by atoms with E-state index in [0.717, 1.165) is 0 Å². The number of sulfonamides is 1. The van der Waals surface area contributed by atoms with Crippen LogP contribution in [0.1, 0.15) is 0 Å². The third kappa shape index (κ3) is 2.63. The summed E-state index contributed by atoms with van der Waals surface area (Å²) in [6, 6.07) is 0. The quantitative estimate of drug-likeness (QED) is 0.564. The molecule has 8 heteroatoms. The van der Waals surface area contributed by atoms with Crippen LogP contribution in [0.3, 0.4) is 0 Å². The van der Waals surface area contributed by atoms with Crippen LogP contribution in [0.4, 0.5) is 0 Å². The first kappa shape index (κ1) is 10.9. The van der Waals surface area contributed by atoms with E-state index in [1.54, 1.807) is 0 Å². The maximum Gasteiger partial charge on any atom is 0.216 e. The summed E-state index contributed by atoms with van der Waals surface area (Å²) in [4.78, 5) is 0.